The van der Waals surface area contributed by atoms with Crippen molar-refractivity contribution in [3.05, 3.63) is 23.5 Å². The number of hydrogen-bond acceptors (Lipinski definition) is 4. The van der Waals surface area contributed by atoms with Crippen LogP contribution in [0.2, 0.25) is 0 Å². The Morgan fingerprint density at radius 3 is 2.72 bits per heavy atom. The molecule has 1 N–H and O–H groups in total. The maximum atomic E-state index is 12.4. The lowest BCUT2D eigenvalue weighted by Crippen LogP contribution is -2.41. The smallest absolute Gasteiger partial charge is 0.262 e. The third-order valence-corrected chi connectivity index (χ3v) is 5.36. The number of nitriles is 1. The highest BCUT2D eigenvalue weighted by Crippen LogP contribution is 2.25. The number of piperidine rings is 1. The van der Waals surface area contributed by atoms with Crippen LogP contribution in [0.5, 0.6) is 0 Å². The minimum Gasteiger partial charge on any atom is -0.441 e. The molecule has 1 aliphatic heterocycles. The Labute approximate surface area is 149 Å². The maximum absolute atomic E-state index is 12.4. The highest BCUT2D eigenvalue weighted by molar-refractivity contribution is 6.01. The topological polar surface area (TPSA) is 69.3 Å². The van der Waals surface area contributed by atoms with Crippen molar-refractivity contribution in [3.8, 4) is 6.07 Å². The van der Waals surface area contributed by atoms with E-state index < -0.39 is 0 Å². The van der Waals surface area contributed by atoms with Gasteiger partial charge >= 0.3 is 0 Å². The van der Waals surface area contributed by atoms with Crippen molar-refractivity contribution >= 4 is 17.9 Å². The Balaban J connectivity index is 1.66. The predicted octanol–water partition coefficient (Wildman–Crippen LogP) is 3.87. The summed E-state index contributed by atoms with van der Waals surface area (Å²) >= 11 is 0. The van der Waals surface area contributed by atoms with Gasteiger partial charge in [0.1, 0.15) is 17.4 Å². The Morgan fingerprint density at radius 2 is 2.00 bits per heavy atom. The molecule has 1 saturated heterocycles. The molecule has 134 valence electrons. The number of furan rings is 1. The van der Waals surface area contributed by atoms with E-state index in [2.05, 4.69) is 17.1 Å². The van der Waals surface area contributed by atoms with Crippen LogP contribution in [0.3, 0.4) is 0 Å². The van der Waals surface area contributed by atoms with Gasteiger partial charge in [0, 0.05) is 31.3 Å². The molecule has 0 unspecified atom stereocenters. The van der Waals surface area contributed by atoms with Gasteiger partial charge < -0.3 is 14.6 Å². The maximum Gasteiger partial charge on any atom is 0.262 e. The van der Waals surface area contributed by atoms with Crippen LogP contribution in [0.4, 0.5) is 5.88 Å². The third-order valence-electron chi connectivity index (χ3n) is 5.36. The molecule has 1 aliphatic carbocycles. The number of nitrogens with zero attached hydrogens (tertiary/aromatic N) is 2. The van der Waals surface area contributed by atoms with Crippen LogP contribution in [-0.4, -0.2) is 25.0 Å². The Hall–Kier alpha value is -2.22. The molecule has 2 fully saturated rings. The van der Waals surface area contributed by atoms with Gasteiger partial charge in [-0.05, 0) is 44.1 Å². The molecule has 3 rings (SSSR count). The van der Waals surface area contributed by atoms with E-state index in [1.54, 1.807) is 6.08 Å². The summed E-state index contributed by atoms with van der Waals surface area (Å²) in [4.78, 5) is 14.7. The number of carbonyl (C=O) groups excluding carboxylic acids is 1. The second-order valence-corrected chi connectivity index (χ2v) is 7.24. The van der Waals surface area contributed by atoms with Gasteiger partial charge in [0.25, 0.3) is 5.91 Å². The lowest BCUT2D eigenvalue weighted by Gasteiger charge is -2.29. The summed E-state index contributed by atoms with van der Waals surface area (Å²) < 4.78 is 5.84. The predicted molar refractivity (Wildman–Crippen MR) is 97.9 cm³/mol. The van der Waals surface area contributed by atoms with Gasteiger partial charge in [0.15, 0.2) is 5.88 Å². The molecule has 1 aromatic heterocycles. The van der Waals surface area contributed by atoms with Crippen molar-refractivity contribution in [2.24, 2.45) is 5.92 Å². The summed E-state index contributed by atoms with van der Waals surface area (Å²) in [6.07, 6.45) is 9.66. The molecule has 5 heteroatoms. The van der Waals surface area contributed by atoms with Crippen molar-refractivity contribution in [3.63, 3.8) is 0 Å². The minimum atomic E-state index is -0.294. The van der Waals surface area contributed by atoms with Crippen molar-refractivity contribution in [2.75, 3.05) is 18.0 Å². The van der Waals surface area contributed by atoms with E-state index in [-0.39, 0.29) is 17.5 Å². The number of amides is 1. The van der Waals surface area contributed by atoms with E-state index in [1.165, 1.54) is 25.7 Å². The summed E-state index contributed by atoms with van der Waals surface area (Å²) in [5.74, 6) is 1.55. The number of rotatable bonds is 4. The van der Waals surface area contributed by atoms with Gasteiger partial charge in [-0.1, -0.05) is 19.8 Å². The van der Waals surface area contributed by atoms with Crippen molar-refractivity contribution < 1.29 is 9.21 Å². The normalized spacial score (nSPS) is 24.6. The van der Waals surface area contributed by atoms with E-state index in [0.717, 1.165) is 38.2 Å². The molecule has 2 aliphatic rings. The SMILES string of the molecule is C[C@@H]1CCCC[C@H]1NC(=O)/C(C#N)=C/c1ccc(N2CCCCC2)o1. The average molecular weight is 341 g/mol. The standard InChI is InChI=1S/C20H27N3O2/c1-15-7-3-4-8-18(15)22-20(24)16(14-21)13-17-9-10-19(25-17)23-11-5-2-6-12-23/h9-10,13,15,18H,2-8,11-12H2,1H3,(H,22,24)/b16-13+/t15-,18-/m1/s1. The highest BCUT2D eigenvalue weighted by Gasteiger charge is 2.24. The van der Waals surface area contributed by atoms with E-state index in [1.807, 2.05) is 18.2 Å². The van der Waals surface area contributed by atoms with Crippen LogP contribution < -0.4 is 10.2 Å². The van der Waals surface area contributed by atoms with E-state index >= 15 is 0 Å². The van der Waals surface area contributed by atoms with Crippen LogP contribution >= 0.6 is 0 Å². The first-order valence-corrected chi connectivity index (χ1v) is 9.45. The third kappa shape index (κ3) is 4.45. The molecule has 5 nitrogen and oxygen atoms in total. The number of anilines is 1. The molecule has 0 spiro atoms. The Bertz CT molecular complexity index is 665. The monoisotopic (exact) mass is 341 g/mol. The molecule has 1 amide bonds. The van der Waals surface area contributed by atoms with Gasteiger partial charge in [-0.15, -0.1) is 0 Å². The van der Waals surface area contributed by atoms with Crippen LogP contribution in [0.25, 0.3) is 6.08 Å². The van der Waals surface area contributed by atoms with Gasteiger partial charge in [0.2, 0.25) is 0 Å². The highest BCUT2D eigenvalue weighted by atomic mass is 16.4. The number of hydrogen-bond donors (Lipinski definition) is 1. The van der Waals surface area contributed by atoms with Crippen molar-refractivity contribution in [1.82, 2.24) is 5.32 Å². The second kappa shape index (κ2) is 8.24. The zero-order valence-corrected chi connectivity index (χ0v) is 15.0. The van der Waals surface area contributed by atoms with Crippen LogP contribution in [-0.2, 0) is 4.79 Å². The van der Waals surface area contributed by atoms with E-state index in [4.69, 9.17) is 4.42 Å². The molecule has 1 aromatic rings. The van der Waals surface area contributed by atoms with Gasteiger partial charge in [-0.25, -0.2) is 0 Å². The molecular weight excluding hydrogens is 314 g/mol. The molecule has 2 atom stereocenters. The number of nitrogens with one attached hydrogen (secondary N) is 1. The largest absolute Gasteiger partial charge is 0.441 e. The summed E-state index contributed by atoms with van der Waals surface area (Å²) in [6, 6.07) is 5.94. The van der Waals surface area contributed by atoms with Crippen molar-refractivity contribution in [2.45, 2.75) is 57.9 Å². The fraction of sp³-hybridized carbons (Fsp3) is 0.600. The lowest BCUT2D eigenvalue weighted by atomic mass is 9.86. The van der Waals surface area contributed by atoms with Gasteiger partial charge in [0.05, 0.1) is 0 Å². The molecule has 2 heterocycles. The molecule has 0 radical (unpaired) electrons. The summed E-state index contributed by atoms with van der Waals surface area (Å²) in [7, 11) is 0. The first-order chi connectivity index (χ1) is 12.2. The summed E-state index contributed by atoms with van der Waals surface area (Å²) in [5.41, 5.74) is 0.109. The summed E-state index contributed by atoms with van der Waals surface area (Å²) in [5, 5.41) is 12.4. The molecule has 0 bridgehead atoms. The first-order valence-electron chi connectivity index (χ1n) is 9.45. The van der Waals surface area contributed by atoms with E-state index in [9.17, 15) is 10.1 Å². The average Bonchev–Trinajstić information content (AvgIpc) is 3.11. The Morgan fingerprint density at radius 1 is 1.24 bits per heavy atom. The van der Waals surface area contributed by atoms with Crippen LogP contribution in [0.1, 0.15) is 57.6 Å². The number of carbonyl (C=O) groups is 1. The molecule has 25 heavy (non-hydrogen) atoms. The first kappa shape index (κ1) is 17.6. The Kier molecular flexibility index (Phi) is 5.80. The van der Waals surface area contributed by atoms with Gasteiger partial charge in [-0.2, -0.15) is 5.26 Å². The van der Waals surface area contributed by atoms with Gasteiger partial charge in [-0.3, -0.25) is 4.79 Å². The lowest BCUT2D eigenvalue weighted by molar-refractivity contribution is -0.118. The molecular formula is C20H27N3O2. The van der Waals surface area contributed by atoms with Crippen LogP contribution in [0, 0.1) is 17.2 Å². The zero-order chi connectivity index (χ0) is 17.6. The second-order valence-electron chi connectivity index (χ2n) is 7.24. The van der Waals surface area contributed by atoms with E-state index in [0.29, 0.717) is 11.7 Å². The molecule has 1 saturated carbocycles. The quantitative estimate of drug-likeness (QED) is 0.667. The minimum absolute atomic E-state index is 0.109. The van der Waals surface area contributed by atoms with Crippen LogP contribution in [0.15, 0.2) is 22.1 Å². The molecule has 0 aromatic carbocycles. The zero-order valence-electron chi connectivity index (χ0n) is 15.0. The fourth-order valence-corrected chi connectivity index (χ4v) is 3.77. The summed E-state index contributed by atoms with van der Waals surface area (Å²) in [6.45, 7) is 4.17. The van der Waals surface area contributed by atoms with Crippen molar-refractivity contribution in [1.29, 1.82) is 5.26 Å². The fourth-order valence-electron chi connectivity index (χ4n) is 3.77.